The molecule has 2 atom stereocenters. The predicted molar refractivity (Wildman–Crippen MR) is 145 cm³/mol. The number of carbonyl (C=O) groups is 3. The minimum Gasteiger partial charge on any atom is -0.497 e. The molecule has 4 rings (SSSR count). The van der Waals surface area contributed by atoms with Crippen LogP contribution >= 0.6 is 0 Å². The highest BCUT2D eigenvalue weighted by molar-refractivity contribution is 5.91. The van der Waals surface area contributed by atoms with Crippen LogP contribution in [0.3, 0.4) is 0 Å². The first-order chi connectivity index (χ1) is 18.4. The van der Waals surface area contributed by atoms with Crippen molar-refractivity contribution < 1.29 is 19.1 Å². The molecule has 2 fully saturated rings. The molecule has 2 aromatic rings. The van der Waals surface area contributed by atoms with Gasteiger partial charge in [0.2, 0.25) is 11.8 Å². The fourth-order valence-corrected chi connectivity index (χ4v) is 5.28. The lowest BCUT2D eigenvalue weighted by atomic mass is 9.98. The number of nitrogens with zero attached hydrogens (tertiary/aromatic N) is 4. The number of hydrazine groups is 1. The standard InChI is InChI=1S/C29H39N5O4/c1-4-5-6-10-17-32-20-26-33(25(28(32)36)18-22-11-8-7-9-12-22)27(35)21-31(2)34(26)29(37)30-19-23-13-15-24(38-3)16-14-23/h7-9,11-16,25-26H,4-6,10,17-21H2,1-3H3,(H,30,37)/t25-,26-/m0/s1. The molecule has 4 amide bonds. The Hall–Kier alpha value is -3.59. The summed E-state index contributed by atoms with van der Waals surface area (Å²) in [6.07, 6.45) is 4.02. The van der Waals surface area contributed by atoms with Crippen LogP contribution in [0.25, 0.3) is 0 Å². The average Bonchev–Trinajstić information content (AvgIpc) is 2.92. The van der Waals surface area contributed by atoms with Gasteiger partial charge in [0.05, 0.1) is 20.2 Å². The van der Waals surface area contributed by atoms with E-state index < -0.39 is 12.2 Å². The van der Waals surface area contributed by atoms with Crippen molar-refractivity contribution in [1.29, 1.82) is 0 Å². The third-order valence-electron chi connectivity index (χ3n) is 7.30. The van der Waals surface area contributed by atoms with E-state index in [2.05, 4.69) is 12.2 Å². The van der Waals surface area contributed by atoms with Gasteiger partial charge in [-0.05, 0) is 29.7 Å². The normalized spacial score (nSPS) is 19.9. The largest absolute Gasteiger partial charge is 0.497 e. The highest BCUT2D eigenvalue weighted by atomic mass is 16.5. The molecule has 1 N–H and O–H groups in total. The van der Waals surface area contributed by atoms with Crippen molar-refractivity contribution >= 4 is 17.8 Å². The van der Waals surface area contributed by atoms with E-state index in [0.29, 0.717) is 26.1 Å². The Morgan fingerprint density at radius 1 is 1.00 bits per heavy atom. The lowest BCUT2D eigenvalue weighted by Crippen LogP contribution is -2.76. The van der Waals surface area contributed by atoms with Gasteiger partial charge in [0, 0.05) is 26.6 Å². The minimum absolute atomic E-state index is 0.0293. The zero-order chi connectivity index (χ0) is 27.1. The second kappa shape index (κ2) is 12.8. The second-order valence-corrected chi connectivity index (χ2v) is 10.00. The Kier molecular flexibility index (Phi) is 9.23. The van der Waals surface area contributed by atoms with E-state index in [-0.39, 0.29) is 24.4 Å². The lowest BCUT2D eigenvalue weighted by Gasteiger charge is -2.54. The number of urea groups is 1. The number of fused-ring (bicyclic) bond motifs is 1. The first-order valence-electron chi connectivity index (χ1n) is 13.5. The number of methoxy groups -OCH3 is 1. The summed E-state index contributed by atoms with van der Waals surface area (Å²) in [5, 5.41) is 6.27. The zero-order valence-electron chi connectivity index (χ0n) is 22.6. The van der Waals surface area contributed by atoms with Crippen LogP contribution in [0.2, 0.25) is 0 Å². The Morgan fingerprint density at radius 3 is 2.42 bits per heavy atom. The summed E-state index contributed by atoms with van der Waals surface area (Å²) in [6.45, 7) is 3.43. The van der Waals surface area contributed by atoms with Crippen molar-refractivity contribution in [1.82, 2.24) is 25.1 Å². The summed E-state index contributed by atoms with van der Waals surface area (Å²) in [5.74, 6) is 0.565. The minimum atomic E-state index is -0.652. The Bertz CT molecular complexity index is 1090. The third-order valence-corrected chi connectivity index (χ3v) is 7.30. The molecule has 0 radical (unpaired) electrons. The maximum atomic E-state index is 13.7. The number of unbranched alkanes of at least 4 members (excludes halogenated alkanes) is 3. The summed E-state index contributed by atoms with van der Waals surface area (Å²) >= 11 is 0. The third kappa shape index (κ3) is 6.27. The molecule has 2 aliphatic rings. The molecule has 0 saturated carbocycles. The Labute approximate surface area is 225 Å². The van der Waals surface area contributed by atoms with Gasteiger partial charge in [-0.1, -0.05) is 68.7 Å². The highest BCUT2D eigenvalue weighted by Crippen LogP contribution is 2.28. The number of ether oxygens (including phenoxy) is 1. The highest BCUT2D eigenvalue weighted by Gasteiger charge is 2.50. The van der Waals surface area contributed by atoms with Gasteiger partial charge in [-0.25, -0.2) is 14.8 Å². The molecule has 0 bridgehead atoms. The Morgan fingerprint density at radius 2 is 1.74 bits per heavy atom. The lowest BCUT2D eigenvalue weighted by molar-refractivity contribution is -0.186. The number of amides is 4. The predicted octanol–water partition coefficient (Wildman–Crippen LogP) is 3.26. The van der Waals surface area contributed by atoms with E-state index >= 15 is 0 Å². The maximum absolute atomic E-state index is 13.7. The number of hydrogen-bond donors (Lipinski definition) is 1. The topological polar surface area (TPSA) is 85.4 Å². The van der Waals surface area contributed by atoms with Gasteiger partial charge >= 0.3 is 6.03 Å². The van der Waals surface area contributed by atoms with Gasteiger partial charge in [0.1, 0.15) is 18.0 Å². The van der Waals surface area contributed by atoms with Crippen molar-refractivity contribution in [2.75, 3.05) is 33.8 Å². The molecular formula is C29H39N5O4. The molecule has 38 heavy (non-hydrogen) atoms. The zero-order valence-corrected chi connectivity index (χ0v) is 22.6. The SMILES string of the molecule is CCCCCCN1C[C@H]2N(C(=O)CN(C)N2C(=O)NCc2ccc(OC)cc2)[C@@H](Cc2ccccc2)C1=O. The van der Waals surface area contributed by atoms with Crippen LogP contribution in [0.4, 0.5) is 4.79 Å². The summed E-state index contributed by atoms with van der Waals surface area (Å²) < 4.78 is 5.21. The molecule has 0 aromatic heterocycles. The van der Waals surface area contributed by atoms with Crippen LogP contribution in [0.5, 0.6) is 5.75 Å². The van der Waals surface area contributed by atoms with Crippen LogP contribution in [-0.2, 0) is 22.6 Å². The summed E-state index contributed by atoms with van der Waals surface area (Å²) in [7, 11) is 3.36. The number of rotatable bonds is 10. The van der Waals surface area contributed by atoms with Gasteiger partial charge in [-0.3, -0.25) is 9.59 Å². The monoisotopic (exact) mass is 521 g/mol. The first-order valence-corrected chi connectivity index (χ1v) is 13.5. The van der Waals surface area contributed by atoms with Gasteiger partial charge < -0.3 is 19.9 Å². The van der Waals surface area contributed by atoms with Crippen LogP contribution in [-0.4, -0.2) is 83.7 Å². The van der Waals surface area contributed by atoms with E-state index in [9.17, 15) is 14.4 Å². The number of nitrogens with one attached hydrogen (secondary N) is 1. The van der Waals surface area contributed by atoms with E-state index in [0.717, 1.165) is 42.6 Å². The molecule has 204 valence electrons. The van der Waals surface area contributed by atoms with Crippen molar-refractivity contribution in [2.45, 2.75) is 57.8 Å². The van der Waals surface area contributed by atoms with Crippen LogP contribution < -0.4 is 10.1 Å². The fourth-order valence-electron chi connectivity index (χ4n) is 5.28. The molecule has 2 aromatic carbocycles. The quantitative estimate of drug-likeness (QED) is 0.485. The number of likely N-dealkylation sites (N-methyl/N-ethyl adjacent to an activating group) is 1. The summed E-state index contributed by atoms with van der Waals surface area (Å²) in [6, 6.07) is 16.3. The Balaban J connectivity index is 1.56. The van der Waals surface area contributed by atoms with E-state index in [1.54, 1.807) is 29.1 Å². The van der Waals surface area contributed by atoms with Gasteiger partial charge in [0.15, 0.2) is 0 Å². The molecule has 2 saturated heterocycles. The molecule has 0 aliphatic carbocycles. The molecular weight excluding hydrogens is 482 g/mol. The molecule has 9 heteroatoms. The average molecular weight is 522 g/mol. The number of carbonyl (C=O) groups excluding carboxylic acids is 3. The summed E-state index contributed by atoms with van der Waals surface area (Å²) in [4.78, 5) is 44.1. The van der Waals surface area contributed by atoms with Gasteiger partial charge in [-0.2, -0.15) is 0 Å². The van der Waals surface area contributed by atoms with Crippen LogP contribution in [0.15, 0.2) is 54.6 Å². The fraction of sp³-hybridized carbons (Fsp3) is 0.483. The van der Waals surface area contributed by atoms with Gasteiger partial charge in [0.25, 0.3) is 0 Å². The van der Waals surface area contributed by atoms with Gasteiger partial charge in [-0.15, -0.1) is 0 Å². The number of hydrogen-bond acceptors (Lipinski definition) is 5. The number of benzene rings is 2. The first kappa shape index (κ1) is 27.4. The van der Waals surface area contributed by atoms with Crippen LogP contribution in [0, 0.1) is 0 Å². The molecule has 2 aliphatic heterocycles. The van der Waals surface area contributed by atoms with Crippen molar-refractivity contribution in [2.24, 2.45) is 0 Å². The van der Waals surface area contributed by atoms with Crippen molar-refractivity contribution in [3.8, 4) is 5.75 Å². The molecule has 0 unspecified atom stereocenters. The van der Waals surface area contributed by atoms with Crippen molar-refractivity contribution in [3.63, 3.8) is 0 Å². The second-order valence-electron chi connectivity index (χ2n) is 10.00. The van der Waals surface area contributed by atoms with Crippen molar-refractivity contribution in [3.05, 3.63) is 65.7 Å². The summed E-state index contributed by atoms with van der Waals surface area (Å²) in [5.41, 5.74) is 1.92. The van der Waals surface area contributed by atoms with E-state index in [1.807, 2.05) is 59.5 Å². The molecule has 2 heterocycles. The smallest absolute Gasteiger partial charge is 0.334 e. The molecule has 9 nitrogen and oxygen atoms in total. The van der Waals surface area contributed by atoms with E-state index in [4.69, 9.17) is 4.74 Å². The molecule has 0 spiro atoms. The van der Waals surface area contributed by atoms with E-state index in [1.165, 1.54) is 0 Å². The number of piperazine rings is 1. The van der Waals surface area contributed by atoms with Crippen LogP contribution in [0.1, 0.15) is 43.7 Å². The maximum Gasteiger partial charge on any atom is 0.334 e.